The first-order valence-electron chi connectivity index (χ1n) is 10.5. The van der Waals surface area contributed by atoms with Crippen molar-refractivity contribution in [2.24, 2.45) is 11.7 Å². The van der Waals surface area contributed by atoms with Gasteiger partial charge in [-0.15, -0.1) is 10.2 Å². The van der Waals surface area contributed by atoms with Gasteiger partial charge in [-0.25, -0.2) is 0 Å². The van der Waals surface area contributed by atoms with Crippen molar-refractivity contribution in [1.82, 2.24) is 10.2 Å². The minimum absolute atomic E-state index is 0.0233. The van der Waals surface area contributed by atoms with Gasteiger partial charge in [0.2, 0.25) is 11.8 Å². The standard InChI is InChI=1S/C11H17N3O2.C7H8.C6H8/c1-7(12)10-13-14-11(16-10)9-5-3-2-4-8(9)6-15;1-7-5-3-2-4-6-7;1-2-4-6-5-3-1/h6-9H,2-5,12H2,1H3;2-6H,1H3;1-4H,5-6H2/t7-,8+,9-;;/m0../s1. The van der Waals surface area contributed by atoms with Crippen LogP contribution in [0.4, 0.5) is 0 Å². The number of allylic oxidation sites excluding steroid dienone is 4. The Balaban J connectivity index is 0.000000189. The first kappa shape index (κ1) is 22.8. The third-order valence-corrected chi connectivity index (χ3v) is 4.98. The van der Waals surface area contributed by atoms with Crippen LogP contribution in [0.15, 0.2) is 59.1 Å². The van der Waals surface area contributed by atoms with Crippen LogP contribution < -0.4 is 5.73 Å². The fourth-order valence-corrected chi connectivity index (χ4v) is 3.29. The van der Waals surface area contributed by atoms with E-state index in [2.05, 4.69) is 53.6 Å². The van der Waals surface area contributed by atoms with Gasteiger partial charge in [0, 0.05) is 11.8 Å². The van der Waals surface area contributed by atoms with E-state index >= 15 is 0 Å². The predicted octanol–water partition coefficient (Wildman–Crippen LogP) is 5.45. The molecule has 0 saturated heterocycles. The van der Waals surface area contributed by atoms with Gasteiger partial charge in [0.15, 0.2) is 0 Å². The van der Waals surface area contributed by atoms with Gasteiger partial charge in [-0.2, -0.15) is 0 Å². The van der Waals surface area contributed by atoms with E-state index in [1.165, 1.54) is 18.4 Å². The van der Waals surface area contributed by atoms with Gasteiger partial charge in [0.1, 0.15) is 6.29 Å². The van der Waals surface area contributed by atoms with Crippen molar-refractivity contribution in [3.8, 4) is 0 Å². The van der Waals surface area contributed by atoms with Crippen molar-refractivity contribution in [3.63, 3.8) is 0 Å². The predicted molar refractivity (Wildman–Crippen MR) is 116 cm³/mol. The Hall–Kier alpha value is -2.53. The lowest BCUT2D eigenvalue weighted by molar-refractivity contribution is -0.112. The maximum absolute atomic E-state index is 11.0. The molecule has 2 aromatic rings. The molecule has 2 aliphatic rings. The van der Waals surface area contributed by atoms with Crippen LogP contribution in [0.25, 0.3) is 0 Å². The molecule has 1 aromatic carbocycles. The largest absolute Gasteiger partial charge is 0.423 e. The SMILES string of the molecule is C1=CCCC=C1.C[C@H](N)c1nnc([C@H]2CCCC[C@@H]2C=O)o1.Cc1ccccc1. The highest BCUT2D eigenvalue weighted by molar-refractivity contribution is 5.55. The molecule has 1 saturated carbocycles. The molecule has 0 aliphatic heterocycles. The molecule has 0 radical (unpaired) electrons. The second-order valence-corrected chi connectivity index (χ2v) is 7.55. The van der Waals surface area contributed by atoms with E-state index in [4.69, 9.17) is 10.2 Å². The third kappa shape index (κ3) is 8.16. The van der Waals surface area contributed by atoms with Crippen LogP contribution in [0.2, 0.25) is 0 Å². The summed E-state index contributed by atoms with van der Waals surface area (Å²) >= 11 is 0. The number of carbonyl (C=O) groups is 1. The summed E-state index contributed by atoms with van der Waals surface area (Å²) < 4.78 is 5.51. The summed E-state index contributed by atoms with van der Waals surface area (Å²) in [5.74, 6) is 1.13. The van der Waals surface area contributed by atoms with Crippen LogP contribution in [0.1, 0.15) is 74.8 Å². The lowest BCUT2D eigenvalue weighted by Gasteiger charge is -2.24. The molecule has 1 fully saturated rings. The fraction of sp³-hybridized carbons (Fsp3) is 0.458. The smallest absolute Gasteiger partial charge is 0.232 e. The van der Waals surface area contributed by atoms with Crippen LogP contribution in [-0.2, 0) is 4.79 Å². The Morgan fingerprint density at radius 1 is 1.07 bits per heavy atom. The summed E-state index contributed by atoms with van der Waals surface area (Å²) in [5, 5.41) is 7.91. The molecule has 0 spiro atoms. The van der Waals surface area contributed by atoms with Crippen molar-refractivity contribution in [2.75, 3.05) is 0 Å². The average molecular weight is 396 g/mol. The van der Waals surface area contributed by atoms with E-state index < -0.39 is 0 Å². The minimum Gasteiger partial charge on any atom is -0.423 e. The number of rotatable bonds is 3. The van der Waals surface area contributed by atoms with E-state index in [1.807, 2.05) is 18.2 Å². The van der Waals surface area contributed by atoms with Crippen LogP contribution >= 0.6 is 0 Å². The number of aromatic nitrogens is 2. The lowest BCUT2D eigenvalue weighted by atomic mass is 9.80. The number of carbonyl (C=O) groups excluding carboxylic acids is 1. The van der Waals surface area contributed by atoms with Gasteiger partial charge in [0.25, 0.3) is 0 Å². The topological polar surface area (TPSA) is 82.0 Å². The van der Waals surface area contributed by atoms with Crippen molar-refractivity contribution in [1.29, 1.82) is 0 Å². The zero-order valence-electron chi connectivity index (χ0n) is 17.5. The first-order valence-corrected chi connectivity index (χ1v) is 10.5. The lowest BCUT2D eigenvalue weighted by Crippen LogP contribution is -2.19. The van der Waals surface area contributed by atoms with Crippen LogP contribution in [0, 0.1) is 12.8 Å². The van der Waals surface area contributed by atoms with Gasteiger partial charge in [-0.1, -0.05) is 73.0 Å². The number of aldehydes is 1. The van der Waals surface area contributed by atoms with Gasteiger partial charge in [-0.05, 0) is 39.5 Å². The number of benzene rings is 1. The quantitative estimate of drug-likeness (QED) is 0.699. The molecule has 29 heavy (non-hydrogen) atoms. The molecule has 0 amide bonds. The van der Waals surface area contributed by atoms with E-state index in [1.54, 1.807) is 6.92 Å². The zero-order chi connectivity index (χ0) is 20.9. The second-order valence-electron chi connectivity index (χ2n) is 7.55. The highest BCUT2D eigenvalue weighted by Gasteiger charge is 2.30. The molecule has 3 atom stereocenters. The summed E-state index contributed by atoms with van der Waals surface area (Å²) in [4.78, 5) is 11.0. The number of hydrogen-bond donors (Lipinski definition) is 1. The molecule has 5 heteroatoms. The molecule has 1 aromatic heterocycles. The Labute approximate surface area is 174 Å². The summed E-state index contributed by atoms with van der Waals surface area (Å²) in [6, 6.07) is 10.0. The Morgan fingerprint density at radius 2 is 1.72 bits per heavy atom. The Kier molecular flexibility index (Phi) is 10.1. The summed E-state index contributed by atoms with van der Waals surface area (Å²) in [6.07, 6.45) is 16.1. The van der Waals surface area contributed by atoms with E-state index in [0.717, 1.165) is 32.0 Å². The molecule has 1 heterocycles. The first-order chi connectivity index (χ1) is 14.1. The van der Waals surface area contributed by atoms with Crippen molar-refractivity contribution < 1.29 is 9.21 Å². The van der Waals surface area contributed by atoms with Crippen LogP contribution in [0.3, 0.4) is 0 Å². The minimum atomic E-state index is -0.250. The van der Waals surface area contributed by atoms with E-state index in [-0.39, 0.29) is 17.9 Å². The molecule has 156 valence electrons. The number of aryl methyl sites for hydroxylation is 1. The number of nitrogens with zero attached hydrogens (tertiary/aromatic N) is 2. The normalized spacial score (nSPS) is 21.2. The highest BCUT2D eigenvalue weighted by Crippen LogP contribution is 2.36. The monoisotopic (exact) mass is 395 g/mol. The van der Waals surface area contributed by atoms with Gasteiger partial charge in [0.05, 0.1) is 6.04 Å². The van der Waals surface area contributed by atoms with Crippen LogP contribution in [0.5, 0.6) is 0 Å². The Morgan fingerprint density at radius 3 is 2.17 bits per heavy atom. The molecule has 0 unspecified atom stereocenters. The molecule has 2 aliphatic carbocycles. The average Bonchev–Trinajstić information content (AvgIpc) is 3.27. The van der Waals surface area contributed by atoms with Gasteiger partial charge >= 0.3 is 0 Å². The molecular formula is C24H33N3O2. The molecule has 4 rings (SSSR count). The fourth-order valence-electron chi connectivity index (χ4n) is 3.29. The zero-order valence-corrected chi connectivity index (χ0v) is 17.5. The van der Waals surface area contributed by atoms with Crippen molar-refractivity contribution in [3.05, 3.63) is 72.0 Å². The third-order valence-electron chi connectivity index (χ3n) is 4.98. The molecule has 2 N–H and O–H groups in total. The maximum atomic E-state index is 11.0. The summed E-state index contributed by atoms with van der Waals surface area (Å²) in [6.45, 7) is 3.88. The van der Waals surface area contributed by atoms with E-state index in [0.29, 0.717) is 11.8 Å². The maximum Gasteiger partial charge on any atom is 0.232 e. The molecule has 5 nitrogen and oxygen atoms in total. The van der Waals surface area contributed by atoms with Crippen molar-refractivity contribution >= 4 is 6.29 Å². The summed E-state index contributed by atoms with van der Waals surface area (Å²) in [5.41, 5.74) is 6.98. The summed E-state index contributed by atoms with van der Waals surface area (Å²) in [7, 11) is 0. The number of hydrogen-bond acceptors (Lipinski definition) is 5. The highest BCUT2D eigenvalue weighted by atomic mass is 16.4. The Bertz CT molecular complexity index is 753. The number of nitrogens with two attached hydrogens (primary N) is 1. The van der Waals surface area contributed by atoms with Crippen molar-refractivity contribution in [2.45, 2.75) is 64.3 Å². The van der Waals surface area contributed by atoms with Gasteiger partial charge < -0.3 is 14.9 Å². The molecular weight excluding hydrogens is 362 g/mol. The molecule has 0 bridgehead atoms. The van der Waals surface area contributed by atoms with Crippen LogP contribution in [-0.4, -0.2) is 16.5 Å². The van der Waals surface area contributed by atoms with E-state index in [9.17, 15) is 4.79 Å². The second kappa shape index (κ2) is 12.8. The van der Waals surface area contributed by atoms with Gasteiger partial charge in [-0.3, -0.25) is 0 Å².